The Hall–Kier alpha value is -2.10. The Morgan fingerprint density at radius 1 is 1.00 bits per heavy atom. The van der Waals surface area contributed by atoms with Gasteiger partial charge in [0.1, 0.15) is 17.5 Å². The van der Waals surface area contributed by atoms with E-state index in [9.17, 15) is 0 Å². The first-order valence-electron chi connectivity index (χ1n) is 6.57. The van der Waals surface area contributed by atoms with E-state index in [1.54, 1.807) is 0 Å². The number of nitrogens with zero attached hydrogens (tertiary/aromatic N) is 2. The van der Waals surface area contributed by atoms with E-state index in [0.29, 0.717) is 0 Å². The van der Waals surface area contributed by atoms with E-state index in [2.05, 4.69) is 58.7 Å². The number of anilines is 2. The quantitative estimate of drug-likeness (QED) is 0.863. The van der Waals surface area contributed by atoms with Gasteiger partial charge >= 0.3 is 0 Å². The highest BCUT2D eigenvalue weighted by Crippen LogP contribution is 2.13. The van der Waals surface area contributed by atoms with Gasteiger partial charge in [0.05, 0.1) is 0 Å². The topological polar surface area (TPSA) is 49.8 Å². The Labute approximate surface area is 114 Å². The molecular weight excluding hydrogens is 236 g/mol. The van der Waals surface area contributed by atoms with E-state index >= 15 is 0 Å². The number of hydrogen-bond donors (Lipinski definition) is 2. The van der Waals surface area contributed by atoms with Gasteiger partial charge in [-0.1, -0.05) is 24.3 Å². The first-order valence-corrected chi connectivity index (χ1v) is 6.57. The lowest BCUT2D eigenvalue weighted by molar-refractivity contribution is 1.01. The molecule has 0 radical (unpaired) electrons. The van der Waals surface area contributed by atoms with Crippen LogP contribution in [0.4, 0.5) is 11.6 Å². The van der Waals surface area contributed by atoms with Crippen molar-refractivity contribution in [1.29, 1.82) is 0 Å². The lowest BCUT2D eigenvalue weighted by atomic mass is 10.1. The van der Waals surface area contributed by atoms with Crippen molar-refractivity contribution in [1.82, 2.24) is 9.97 Å². The van der Waals surface area contributed by atoms with Crippen LogP contribution in [0.2, 0.25) is 0 Å². The fourth-order valence-corrected chi connectivity index (χ4v) is 1.92. The van der Waals surface area contributed by atoms with E-state index in [1.165, 1.54) is 11.1 Å². The summed E-state index contributed by atoms with van der Waals surface area (Å²) in [6.45, 7) is 7.70. The smallest absolute Gasteiger partial charge is 0.132 e. The van der Waals surface area contributed by atoms with Crippen molar-refractivity contribution in [3.8, 4) is 0 Å². The molecule has 19 heavy (non-hydrogen) atoms. The largest absolute Gasteiger partial charge is 0.370 e. The molecule has 0 fully saturated rings. The van der Waals surface area contributed by atoms with Crippen LogP contribution in [-0.4, -0.2) is 16.5 Å². The van der Waals surface area contributed by atoms with Crippen molar-refractivity contribution in [3.05, 3.63) is 47.3 Å². The maximum Gasteiger partial charge on any atom is 0.132 e. The molecule has 0 atom stereocenters. The van der Waals surface area contributed by atoms with E-state index in [1.807, 2.05) is 13.0 Å². The summed E-state index contributed by atoms with van der Waals surface area (Å²) in [6, 6.07) is 10.3. The lowest BCUT2D eigenvalue weighted by Crippen LogP contribution is -2.07. The third kappa shape index (κ3) is 3.68. The van der Waals surface area contributed by atoms with Crippen LogP contribution in [0.1, 0.15) is 23.9 Å². The van der Waals surface area contributed by atoms with Crippen LogP contribution >= 0.6 is 0 Å². The second-order valence-electron chi connectivity index (χ2n) is 4.50. The summed E-state index contributed by atoms with van der Waals surface area (Å²) >= 11 is 0. The molecule has 0 saturated heterocycles. The van der Waals surface area contributed by atoms with Crippen LogP contribution < -0.4 is 10.6 Å². The molecule has 4 heteroatoms. The summed E-state index contributed by atoms with van der Waals surface area (Å²) in [7, 11) is 0. The molecule has 0 bridgehead atoms. The summed E-state index contributed by atoms with van der Waals surface area (Å²) in [6.07, 6.45) is 0. The summed E-state index contributed by atoms with van der Waals surface area (Å²) < 4.78 is 0. The number of nitrogens with one attached hydrogen (secondary N) is 2. The third-order valence-corrected chi connectivity index (χ3v) is 2.92. The zero-order valence-electron chi connectivity index (χ0n) is 11.7. The summed E-state index contributed by atoms with van der Waals surface area (Å²) in [5, 5.41) is 6.56. The monoisotopic (exact) mass is 256 g/mol. The molecule has 0 aliphatic rings. The Morgan fingerprint density at radius 2 is 1.68 bits per heavy atom. The average molecular weight is 256 g/mol. The molecule has 0 unspecified atom stereocenters. The zero-order valence-corrected chi connectivity index (χ0v) is 11.7. The first-order chi connectivity index (χ1) is 9.19. The van der Waals surface area contributed by atoms with Gasteiger partial charge in [-0.15, -0.1) is 0 Å². The van der Waals surface area contributed by atoms with Gasteiger partial charge in [-0.3, -0.25) is 0 Å². The molecule has 0 aliphatic carbocycles. The Bertz CT molecular complexity index is 552. The minimum atomic E-state index is 0.769. The fraction of sp³-hybridized carbons (Fsp3) is 0.333. The highest BCUT2D eigenvalue weighted by atomic mass is 15.1. The van der Waals surface area contributed by atoms with Crippen molar-refractivity contribution >= 4 is 11.6 Å². The van der Waals surface area contributed by atoms with Gasteiger partial charge in [0.15, 0.2) is 0 Å². The molecule has 2 rings (SSSR count). The fourth-order valence-electron chi connectivity index (χ4n) is 1.92. The second kappa shape index (κ2) is 6.18. The van der Waals surface area contributed by atoms with Gasteiger partial charge in [-0.05, 0) is 31.9 Å². The predicted octanol–water partition coefficient (Wildman–Crippen LogP) is 3.14. The number of aromatic nitrogens is 2. The van der Waals surface area contributed by atoms with E-state index in [4.69, 9.17) is 0 Å². The molecular formula is C15H20N4. The minimum Gasteiger partial charge on any atom is -0.370 e. The zero-order chi connectivity index (χ0) is 13.7. The Kier molecular flexibility index (Phi) is 4.34. The molecule has 0 aliphatic heterocycles. The van der Waals surface area contributed by atoms with Crippen LogP contribution in [0.5, 0.6) is 0 Å². The van der Waals surface area contributed by atoms with Crippen LogP contribution in [0.3, 0.4) is 0 Å². The maximum absolute atomic E-state index is 4.40. The first kappa shape index (κ1) is 13.3. The SMILES string of the molecule is CCNc1cc(NCc2ccccc2C)nc(C)n1. The van der Waals surface area contributed by atoms with Crippen LogP contribution in [0.25, 0.3) is 0 Å². The molecule has 2 aromatic rings. The van der Waals surface area contributed by atoms with Gasteiger partial charge in [0.2, 0.25) is 0 Å². The highest BCUT2D eigenvalue weighted by Gasteiger charge is 2.02. The van der Waals surface area contributed by atoms with E-state index < -0.39 is 0 Å². The normalized spacial score (nSPS) is 10.3. The summed E-state index contributed by atoms with van der Waals surface area (Å²) in [5.41, 5.74) is 2.57. The lowest BCUT2D eigenvalue weighted by Gasteiger charge is -2.10. The summed E-state index contributed by atoms with van der Waals surface area (Å²) in [5.74, 6) is 2.49. The third-order valence-electron chi connectivity index (χ3n) is 2.92. The van der Waals surface area contributed by atoms with Crippen LogP contribution in [0, 0.1) is 13.8 Å². The van der Waals surface area contributed by atoms with Crippen molar-refractivity contribution in [3.63, 3.8) is 0 Å². The van der Waals surface area contributed by atoms with Gasteiger partial charge < -0.3 is 10.6 Å². The van der Waals surface area contributed by atoms with Crippen molar-refractivity contribution in [2.45, 2.75) is 27.3 Å². The minimum absolute atomic E-state index is 0.769. The van der Waals surface area contributed by atoms with Gasteiger partial charge in [-0.25, -0.2) is 9.97 Å². The van der Waals surface area contributed by atoms with Crippen molar-refractivity contribution in [2.75, 3.05) is 17.2 Å². The number of rotatable bonds is 5. The van der Waals surface area contributed by atoms with Gasteiger partial charge in [-0.2, -0.15) is 0 Å². The number of benzene rings is 1. The Balaban J connectivity index is 2.09. The molecule has 0 spiro atoms. The second-order valence-corrected chi connectivity index (χ2v) is 4.50. The standard InChI is InChI=1S/C15H20N4/c1-4-16-14-9-15(19-12(3)18-14)17-10-13-8-6-5-7-11(13)2/h5-9H,4,10H2,1-3H3,(H2,16,17,18,19). The molecule has 1 aromatic carbocycles. The predicted molar refractivity (Wildman–Crippen MR) is 79.4 cm³/mol. The maximum atomic E-state index is 4.40. The molecule has 1 aromatic heterocycles. The van der Waals surface area contributed by atoms with Crippen molar-refractivity contribution < 1.29 is 0 Å². The Morgan fingerprint density at radius 3 is 2.37 bits per heavy atom. The van der Waals surface area contributed by atoms with E-state index in [-0.39, 0.29) is 0 Å². The van der Waals surface area contributed by atoms with Crippen LogP contribution in [-0.2, 0) is 6.54 Å². The molecule has 100 valence electrons. The van der Waals surface area contributed by atoms with Gasteiger partial charge in [0, 0.05) is 19.2 Å². The van der Waals surface area contributed by atoms with Crippen molar-refractivity contribution in [2.24, 2.45) is 0 Å². The molecule has 2 N–H and O–H groups in total. The molecule has 4 nitrogen and oxygen atoms in total. The molecule has 1 heterocycles. The average Bonchev–Trinajstić information content (AvgIpc) is 2.37. The molecule has 0 saturated carbocycles. The van der Waals surface area contributed by atoms with Gasteiger partial charge in [0.25, 0.3) is 0 Å². The molecule has 0 amide bonds. The summed E-state index contributed by atoms with van der Waals surface area (Å²) in [4.78, 5) is 8.73. The highest BCUT2D eigenvalue weighted by molar-refractivity contribution is 5.48. The van der Waals surface area contributed by atoms with E-state index in [0.717, 1.165) is 30.5 Å². The number of hydrogen-bond acceptors (Lipinski definition) is 4. The number of aryl methyl sites for hydroxylation is 2. The van der Waals surface area contributed by atoms with Crippen LogP contribution in [0.15, 0.2) is 30.3 Å².